The maximum atomic E-state index is 8.49. The number of hydrogen-bond acceptors (Lipinski definition) is 4. The maximum Gasteiger partial charge on any atom is 0.213 e. The van der Waals surface area contributed by atoms with Crippen molar-refractivity contribution in [1.29, 1.82) is 0 Å². The van der Waals surface area contributed by atoms with Gasteiger partial charge in [0.25, 0.3) is 0 Å². The number of fused-ring (bicyclic) bond motifs is 2. The van der Waals surface area contributed by atoms with Crippen molar-refractivity contribution in [2.75, 3.05) is 6.54 Å². The molecule has 0 amide bonds. The van der Waals surface area contributed by atoms with Crippen LogP contribution in [0, 0.1) is 10.2 Å². The van der Waals surface area contributed by atoms with Gasteiger partial charge in [-0.1, -0.05) is 18.2 Å². The molecule has 0 saturated carbocycles. The average molecular weight is 268 g/mol. The molecule has 6 heteroatoms. The number of benzene rings is 1. The van der Waals surface area contributed by atoms with Crippen LogP contribution < -0.4 is 33.8 Å². The summed E-state index contributed by atoms with van der Waals surface area (Å²) in [4.78, 5) is 0. The molecule has 18 heavy (non-hydrogen) atoms. The molecule has 94 valence electrons. The van der Waals surface area contributed by atoms with Gasteiger partial charge in [-0.05, 0) is 12.1 Å². The second-order valence-corrected chi connectivity index (χ2v) is 4.47. The van der Waals surface area contributed by atoms with Gasteiger partial charge in [0, 0.05) is 18.2 Å². The lowest BCUT2D eigenvalue weighted by Crippen LogP contribution is -2.68. The molecule has 2 aliphatic rings. The molecule has 0 bridgehead atoms. The van der Waals surface area contributed by atoms with Crippen LogP contribution >= 0.6 is 0 Å². The minimum Gasteiger partial charge on any atom is -0.222 e. The van der Waals surface area contributed by atoms with Crippen LogP contribution in [0.25, 0.3) is 6.08 Å². The van der Waals surface area contributed by atoms with Crippen molar-refractivity contribution in [2.45, 2.75) is 0 Å². The lowest BCUT2D eigenvalue weighted by atomic mass is 10.2. The Morgan fingerprint density at radius 3 is 2.44 bits per heavy atom. The summed E-state index contributed by atoms with van der Waals surface area (Å²) in [7, 11) is -4.94. The van der Waals surface area contributed by atoms with Gasteiger partial charge in [0.15, 0.2) is 6.54 Å². The van der Waals surface area contributed by atoms with Gasteiger partial charge in [-0.2, -0.15) is 4.58 Å². The van der Waals surface area contributed by atoms with Crippen molar-refractivity contribution >= 4 is 6.08 Å². The van der Waals surface area contributed by atoms with Crippen LogP contribution in [0.2, 0.25) is 0 Å². The van der Waals surface area contributed by atoms with E-state index in [0.717, 1.165) is 6.54 Å². The highest BCUT2D eigenvalue weighted by molar-refractivity contribution is 5.52. The molecule has 2 aliphatic heterocycles. The number of nitrogens with zero attached hydrogens (tertiary/aromatic N) is 1. The van der Waals surface area contributed by atoms with Crippen molar-refractivity contribution in [3.63, 3.8) is 0 Å². The predicted octanol–water partition coefficient (Wildman–Crippen LogP) is -4.33. The number of halogens is 1. The Morgan fingerprint density at radius 1 is 1.06 bits per heavy atom. The lowest BCUT2D eigenvalue weighted by Gasteiger charge is -2.17. The van der Waals surface area contributed by atoms with Gasteiger partial charge >= 0.3 is 0 Å². The summed E-state index contributed by atoms with van der Waals surface area (Å²) in [5, 5.41) is 2.66. The maximum absolute atomic E-state index is 8.49. The summed E-state index contributed by atoms with van der Waals surface area (Å²) in [5.74, 6) is 0. The van der Waals surface area contributed by atoms with Crippen molar-refractivity contribution in [2.24, 2.45) is 0 Å². The molecule has 1 aromatic carbocycles. The standard InChI is InChI=1S/C12H10N.ClHO4/c1-2-7-12-10(5-1)9-11-6-3-4-8-13(11)12;2-1(3,4)5/h1-7,9H,8H2;(H,2,3,4,5)/q+1;/p-1. The molecule has 0 fully saturated rings. The van der Waals surface area contributed by atoms with Crippen LogP contribution in [0.3, 0.4) is 0 Å². The molecule has 0 N–H and O–H groups in total. The van der Waals surface area contributed by atoms with Crippen molar-refractivity contribution in [1.82, 2.24) is 4.58 Å². The first-order chi connectivity index (χ1) is 8.45. The Kier molecular flexibility index (Phi) is 3.60. The Bertz CT molecular complexity index is 622. The first-order valence-electron chi connectivity index (χ1n) is 5.15. The van der Waals surface area contributed by atoms with Gasteiger partial charge in [0.1, 0.15) is 0 Å². The van der Waals surface area contributed by atoms with E-state index in [2.05, 4.69) is 53.1 Å². The monoisotopic (exact) mass is 267 g/mol. The summed E-state index contributed by atoms with van der Waals surface area (Å²) in [6.07, 6.45) is 8.69. The Balaban J connectivity index is 0.000000209. The Hall–Kier alpha value is -1.50. The minimum absolute atomic E-state index is 0.999. The van der Waals surface area contributed by atoms with Gasteiger partial charge in [0.2, 0.25) is 11.1 Å². The first-order valence-corrected chi connectivity index (χ1v) is 6.38. The summed E-state index contributed by atoms with van der Waals surface area (Å²) < 4.78 is 36.3. The fourth-order valence-corrected chi connectivity index (χ4v) is 1.91. The molecule has 5 nitrogen and oxygen atoms in total. The van der Waals surface area contributed by atoms with Gasteiger partial charge in [-0.25, -0.2) is 18.6 Å². The first kappa shape index (κ1) is 12.9. The molecular weight excluding hydrogens is 258 g/mol. The number of para-hydroxylation sites is 1. The predicted molar refractivity (Wildman–Crippen MR) is 53.5 cm³/mol. The Morgan fingerprint density at radius 2 is 1.72 bits per heavy atom. The van der Waals surface area contributed by atoms with E-state index in [4.69, 9.17) is 18.6 Å². The molecule has 0 radical (unpaired) electrons. The van der Waals surface area contributed by atoms with Crippen molar-refractivity contribution in [3.05, 3.63) is 58.8 Å². The highest BCUT2D eigenvalue weighted by Crippen LogP contribution is 2.04. The summed E-state index contributed by atoms with van der Waals surface area (Å²) in [6, 6.07) is 8.51. The number of rotatable bonds is 0. The zero-order valence-corrected chi connectivity index (χ0v) is 10.0. The fraction of sp³-hybridized carbons (Fsp3) is 0.0833. The molecule has 0 unspecified atom stereocenters. The SMILES string of the molecule is C1=CC[N+]2=c3ccccc3=CC2=C1.[O-][Cl+3]([O-])([O-])[O-]. The van der Waals surface area contributed by atoms with Crippen molar-refractivity contribution < 1.29 is 28.9 Å². The van der Waals surface area contributed by atoms with E-state index in [1.165, 1.54) is 16.3 Å². The second kappa shape index (κ2) is 5.01. The van der Waals surface area contributed by atoms with Crippen LogP contribution in [0.1, 0.15) is 0 Å². The smallest absolute Gasteiger partial charge is 0.213 e. The molecule has 0 saturated heterocycles. The van der Waals surface area contributed by atoms with E-state index in [9.17, 15) is 0 Å². The third kappa shape index (κ3) is 3.25. The highest BCUT2D eigenvalue weighted by atomic mass is 35.7. The van der Waals surface area contributed by atoms with Crippen LogP contribution in [-0.4, -0.2) is 6.54 Å². The quantitative estimate of drug-likeness (QED) is 0.444. The average Bonchev–Trinajstić information content (AvgIpc) is 2.65. The van der Waals surface area contributed by atoms with Crippen LogP contribution in [-0.2, 0) is 0 Å². The van der Waals surface area contributed by atoms with E-state index in [1.54, 1.807) is 0 Å². The minimum atomic E-state index is -4.94. The van der Waals surface area contributed by atoms with Gasteiger partial charge in [0.05, 0.1) is 5.22 Å². The summed E-state index contributed by atoms with van der Waals surface area (Å²) in [5.41, 5.74) is 1.31. The second-order valence-electron chi connectivity index (χ2n) is 3.71. The van der Waals surface area contributed by atoms with Gasteiger partial charge < -0.3 is 0 Å². The Labute approximate surface area is 105 Å². The van der Waals surface area contributed by atoms with Gasteiger partial charge in [-0.3, -0.25) is 0 Å². The molecule has 1 aromatic rings. The number of allylic oxidation sites excluding steroid dienone is 3. The van der Waals surface area contributed by atoms with E-state index in [1.807, 2.05) is 0 Å². The zero-order valence-electron chi connectivity index (χ0n) is 9.28. The highest BCUT2D eigenvalue weighted by Gasteiger charge is 2.18. The molecule has 0 aromatic heterocycles. The van der Waals surface area contributed by atoms with E-state index in [-0.39, 0.29) is 0 Å². The molecule has 2 heterocycles. The van der Waals surface area contributed by atoms with E-state index < -0.39 is 10.2 Å². The molecule has 0 aliphatic carbocycles. The van der Waals surface area contributed by atoms with Crippen LogP contribution in [0.15, 0.2) is 48.2 Å². The van der Waals surface area contributed by atoms with Gasteiger partial charge in [-0.15, -0.1) is 10.2 Å². The normalized spacial score (nSPS) is 16.0. The van der Waals surface area contributed by atoms with E-state index in [0.29, 0.717) is 0 Å². The van der Waals surface area contributed by atoms with Crippen LogP contribution in [0.4, 0.5) is 0 Å². The molecular formula is C12H10ClNO4. The molecule has 3 rings (SSSR count). The molecule has 0 spiro atoms. The molecule has 0 atom stereocenters. The summed E-state index contributed by atoms with van der Waals surface area (Å²) >= 11 is 0. The topological polar surface area (TPSA) is 95.2 Å². The summed E-state index contributed by atoms with van der Waals surface area (Å²) in [6.45, 7) is 0.999. The zero-order chi connectivity index (χ0) is 13.2. The van der Waals surface area contributed by atoms with Crippen molar-refractivity contribution in [3.8, 4) is 0 Å². The van der Waals surface area contributed by atoms with Crippen LogP contribution in [0.5, 0.6) is 0 Å². The largest absolute Gasteiger partial charge is 0.222 e. The fourth-order valence-electron chi connectivity index (χ4n) is 1.91. The third-order valence-electron chi connectivity index (χ3n) is 2.53. The number of hydrogen-bond donors (Lipinski definition) is 0. The third-order valence-corrected chi connectivity index (χ3v) is 2.53. The van der Waals surface area contributed by atoms with E-state index >= 15 is 0 Å². The lowest BCUT2D eigenvalue weighted by molar-refractivity contribution is -2.00.